The maximum Gasteiger partial charge on any atom is 0.243 e. The van der Waals surface area contributed by atoms with Gasteiger partial charge in [0.05, 0.1) is 28.6 Å². The molecule has 0 unspecified atom stereocenters. The van der Waals surface area contributed by atoms with Gasteiger partial charge in [-0.25, -0.2) is 13.4 Å². The van der Waals surface area contributed by atoms with Crippen molar-refractivity contribution in [1.29, 1.82) is 0 Å². The second-order valence-electron chi connectivity index (χ2n) is 8.60. The third kappa shape index (κ3) is 5.14. The van der Waals surface area contributed by atoms with Gasteiger partial charge in [-0.15, -0.1) is 0 Å². The van der Waals surface area contributed by atoms with E-state index in [0.29, 0.717) is 23.5 Å². The van der Waals surface area contributed by atoms with Crippen LogP contribution in [0.25, 0.3) is 11.0 Å². The monoisotopic (exact) mass is 487 g/mol. The lowest BCUT2D eigenvalue weighted by Crippen LogP contribution is -2.30. The average molecular weight is 488 g/mol. The van der Waals surface area contributed by atoms with E-state index in [4.69, 9.17) is 9.72 Å². The summed E-state index contributed by atoms with van der Waals surface area (Å²) in [4.78, 5) is 5.19. The smallest absolute Gasteiger partial charge is 0.243 e. The van der Waals surface area contributed by atoms with Crippen LogP contribution in [0.5, 0.6) is 0 Å². The first-order valence-electron chi connectivity index (χ1n) is 11.6. The number of ether oxygens (including phenoxy) is 1. The fourth-order valence-corrected chi connectivity index (χ4v) is 6.90. The van der Waals surface area contributed by atoms with E-state index in [9.17, 15) is 8.42 Å². The second-order valence-corrected chi connectivity index (χ2v) is 11.5. The van der Waals surface area contributed by atoms with E-state index in [-0.39, 0.29) is 6.10 Å². The molecule has 0 spiro atoms. The lowest BCUT2D eigenvalue weighted by Gasteiger charge is -2.18. The molecule has 0 N–H and O–H groups in total. The molecule has 0 aliphatic carbocycles. The Balaban J connectivity index is 1.71. The zero-order chi connectivity index (χ0) is 23.6. The van der Waals surface area contributed by atoms with Crippen LogP contribution in [0, 0.1) is 13.8 Å². The molecule has 1 aliphatic heterocycles. The normalized spacial score (nSPS) is 16.8. The molecule has 1 atom stereocenters. The lowest BCUT2D eigenvalue weighted by molar-refractivity contribution is 0.0960. The molecule has 0 bridgehead atoms. The molecule has 0 amide bonds. The van der Waals surface area contributed by atoms with E-state index >= 15 is 0 Å². The highest BCUT2D eigenvalue weighted by Crippen LogP contribution is 2.31. The zero-order valence-electron chi connectivity index (χ0n) is 19.9. The molecule has 178 valence electrons. The van der Waals surface area contributed by atoms with Crippen LogP contribution in [0.3, 0.4) is 0 Å². The predicted molar refractivity (Wildman–Crippen MR) is 134 cm³/mol. The van der Waals surface area contributed by atoms with Crippen molar-refractivity contribution < 1.29 is 13.2 Å². The Bertz CT molecular complexity index is 1230. The van der Waals surface area contributed by atoms with Crippen molar-refractivity contribution >= 4 is 32.8 Å². The summed E-state index contributed by atoms with van der Waals surface area (Å²) in [5.74, 6) is 0.812. The Kier molecular flexibility index (Phi) is 7.48. The first-order valence-corrected chi connectivity index (χ1v) is 14.1. The highest BCUT2D eigenvalue weighted by molar-refractivity contribution is 7.98. The van der Waals surface area contributed by atoms with Gasteiger partial charge in [-0.05, 0) is 56.0 Å². The molecule has 3 aromatic rings. The van der Waals surface area contributed by atoms with E-state index in [1.807, 2.05) is 19.9 Å². The maximum absolute atomic E-state index is 13.1. The van der Waals surface area contributed by atoms with Gasteiger partial charge in [0.1, 0.15) is 0 Å². The Morgan fingerprint density at radius 1 is 1.15 bits per heavy atom. The number of thioether (sulfide) groups is 1. The molecule has 4 rings (SSSR count). The Labute approximate surface area is 201 Å². The summed E-state index contributed by atoms with van der Waals surface area (Å²) in [5.41, 5.74) is 5.47. The summed E-state index contributed by atoms with van der Waals surface area (Å²) < 4.78 is 35.7. The van der Waals surface area contributed by atoms with E-state index < -0.39 is 10.0 Å². The second kappa shape index (κ2) is 10.2. The molecule has 1 aliphatic rings. The highest BCUT2D eigenvalue weighted by atomic mass is 32.2. The van der Waals surface area contributed by atoms with Crippen molar-refractivity contribution in [3.05, 3.63) is 53.1 Å². The van der Waals surface area contributed by atoms with E-state index in [2.05, 4.69) is 36.6 Å². The third-order valence-corrected chi connectivity index (χ3v) is 9.37. The molecular weight excluding hydrogens is 454 g/mol. The molecule has 0 saturated carbocycles. The summed E-state index contributed by atoms with van der Waals surface area (Å²) in [7, 11) is -3.53. The van der Waals surface area contributed by atoms with Gasteiger partial charge in [-0.3, -0.25) is 0 Å². The lowest BCUT2D eigenvalue weighted by atomic mass is 10.1. The first-order chi connectivity index (χ1) is 15.8. The summed E-state index contributed by atoms with van der Waals surface area (Å²) in [6.07, 6.45) is 2.28. The summed E-state index contributed by atoms with van der Waals surface area (Å²) >= 11 is 1.70. The molecule has 2 heterocycles. The molecule has 1 saturated heterocycles. The van der Waals surface area contributed by atoms with Crippen LogP contribution in [0.15, 0.2) is 46.5 Å². The Morgan fingerprint density at radius 2 is 1.94 bits per heavy atom. The van der Waals surface area contributed by atoms with Crippen LogP contribution in [0.1, 0.15) is 43.4 Å². The Hall–Kier alpha value is -1.87. The van der Waals surface area contributed by atoms with Crippen LogP contribution in [-0.4, -0.2) is 48.1 Å². The molecule has 1 aromatic heterocycles. The fraction of sp³-hybridized carbons (Fsp3) is 0.480. The molecular formula is C25H33N3O3S2. The molecule has 2 aromatic carbocycles. The average Bonchev–Trinajstić information content (AvgIpc) is 3.43. The number of aryl methyl sites for hydroxylation is 2. The molecule has 6 nitrogen and oxygen atoms in total. The summed E-state index contributed by atoms with van der Waals surface area (Å²) in [6, 6.07) is 11.8. The minimum atomic E-state index is -3.53. The van der Waals surface area contributed by atoms with Crippen LogP contribution < -0.4 is 0 Å². The van der Waals surface area contributed by atoms with Gasteiger partial charge in [0.25, 0.3) is 0 Å². The van der Waals surface area contributed by atoms with Gasteiger partial charge in [-0.2, -0.15) is 4.31 Å². The number of imidazole rings is 1. The van der Waals surface area contributed by atoms with E-state index in [1.165, 1.54) is 21.0 Å². The zero-order valence-corrected chi connectivity index (χ0v) is 21.5. The quantitative estimate of drug-likeness (QED) is 0.390. The van der Waals surface area contributed by atoms with Crippen molar-refractivity contribution in [1.82, 2.24) is 13.9 Å². The number of benzene rings is 2. The van der Waals surface area contributed by atoms with E-state index in [1.54, 1.807) is 23.9 Å². The van der Waals surface area contributed by atoms with Gasteiger partial charge in [0.2, 0.25) is 10.0 Å². The van der Waals surface area contributed by atoms with Crippen molar-refractivity contribution in [3.8, 4) is 0 Å². The van der Waals surface area contributed by atoms with Gasteiger partial charge in [0.15, 0.2) is 5.16 Å². The van der Waals surface area contributed by atoms with Gasteiger partial charge < -0.3 is 9.30 Å². The largest absolute Gasteiger partial charge is 0.376 e. The molecule has 33 heavy (non-hydrogen) atoms. The number of hydrogen-bond donors (Lipinski definition) is 0. The third-order valence-electron chi connectivity index (χ3n) is 6.30. The standard InChI is InChI=1S/C25H33N3O3S2/c1-5-27(6-2)33(29,30)22-11-12-24-23(15-22)26-25(28(24)16-21-8-7-13-31-21)32-17-20-14-18(3)9-10-19(20)4/h9-12,14-15,21H,5-8,13,16-17H2,1-4H3/t21-/m0/s1. The number of rotatable bonds is 9. The van der Waals surface area contributed by atoms with Crippen molar-refractivity contribution in [2.45, 2.75) is 69.0 Å². The van der Waals surface area contributed by atoms with Gasteiger partial charge in [0, 0.05) is 25.4 Å². The van der Waals surface area contributed by atoms with Crippen molar-refractivity contribution in [2.75, 3.05) is 19.7 Å². The summed E-state index contributed by atoms with van der Waals surface area (Å²) in [6.45, 7) is 10.4. The Morgan fingerprint density at radius 3 is 2.64 bits per heavy atom. The van der Waals surface area contributed by atoms with Gasteiger partial charge in [-0.1, -0.05) is 49.4 Å². The predicted octanol–water partition coefficient (Wildman–Crippen LogP) is 5.15. The van der Waals surface area contributed by atoms with Crippen LogP contribution in [-0.2, 0) is 27.1 Å². The maximum atomic E-state index is 13.1. The van der Waals surface area contributed by atoms with Gasteiger partial charge >= 0.3 is 0 Å². The number of aromatic nitrogens is 2. The number of hydrogen-bond acceptors (Lipinski definition) is 5. The van der Waals surface area contributed by atoms with E-state index in [0.717, 1.165) is 42.4 Å². The highest BCUT2D eigenvalue weighted by Gasteiger charge is 2.24. The molecule has 0 radical (unpaired) electrons. The number of nitrogens with zero attached hydrogens (tertiary/aromatic N) is 3. The summed E-state index contributed by atoms with van der Waals surface area (Å²) in [5, 5.41) is 0.902. The fourth-order valence-electron chi connectivity index (χ4n) is 4.34. The first kappa shape index (κ1) is 24.3. The van der Waals surface area contributed by atoms with Crippen LogP contribution in [0.4, 0.5) is 0 Å². The minimum Gasteiger partial charge on any atom is -0.376 e. The van der Waals surface area contributed by atoms with Crippen molar-refractivity contribution in [2.24, 2.45) is 0 Å². The molecule has 8 heteroatoms. The van der Waals surface area contributed by atoms with Crippen LogP contribution in [0.2, 0.25) is 0 Å². The topological polar surface area (TPSA) is 64.4 Å². The van der Waals surface area contributed by atoms with Crippen LogP contribution >= 0.6 is 11.8 Å². The SMILES string of the molecule is CCN(CC)S(=O)(=O)c1ccc2c(c1)nc(SCc1cc(C)ccc1C)n2C[C@@H]1CCCO1. The van der Waals surface area contributed by atoms with Crippen molar-refractivity contribution in [3.63, 3.8) is 0 Å². The molecule has 1 fully saturated rings. The minimum absolute atomic E-state index is 0.168. The number of sulfonamides is 1. The number of fused-ring (bicyclic) bond motifs is 1.